The third-order valence-corrected chi connectivity index (χ3v) is 3.62. The van der Waals surface area contributed by atoms with Crippen LogP contribution in [0.1, 0.15) is 12.6 Å². The van der Waals surface area contributed by atoms with E-state index in [1.54, 1.807) is 23.4 Å². The van der Waals surface area contributed by atoms with Crippen LogP contribution >= 0.6 is 11.8 Å². The number of thioether (sulfide) groups is 1. The van der Waals surface area contributed by atoms with E-state index in [1.807, 2.05) is 37.6 Å². The number of anilines is 1. The van der Waals surface area contributed by atoms with Crippen LogP contribution < -0.4 is 5.32 Å². The second-order valence-corrected chi connectivity index (χ2v) is 5.83. The number of nitrogens with zero attached hydrogens (tertiary/aromatic N) is 4. The van der Waals surface area contributed by atoms with Crippen molar-refractivity contribution in [3.05, 3.63) is 30.1 Å². The van der Waals surface area contributed by atoms with Crippen molar-refractivity contribution in [1.82, 2.24) is 20.0 Å². The number of nitrogens with one attached hydrogen (secondary N) is 1. The zero-order chi connectivity index (χ0) is 14.6. The second kappa shape index (κ2) is 6.23. The van der Waals surface area contributed by atoms with Gasteiger partial charge >= 0.3 is 0 Å². The van der Waals surface area contributed by atoms with Gasteiger partial charge in [-0.3, -0.25) is 0 Å². The van der Waals surface area contributed by atoms with E-state index in [0.717, 1.165) is 5.69 Å². The van der Waals surface area contributed by atoms with Gasteiger partial charge in [-0.1, -0.05) is 0 Å². The molecule has 0 spiro atoms. The predicted octanol–water partition coefficient (Wildman–Crippen LogP) is 1.50. The molecule has 1 atom stereocenters. The van der Waals surface area contributed by atoms with Crippen molar-refractivity contribution < 1.29 is 5.11 Å². The summed E-state index contributed by atoms with van der Waals surface area (Å²) in [6, 6.07) is 5.58. The van der Waals surface area contributed by atoms with Crippen molar-refractivity contribution >= 4 is 17.6 Å². The number of rotatable bonds is 6. The summed E-state index contributed by atoms with van der Waals surface area (Å²) in [6.45, 7) is 4.15. The van der Waals surface area contributed by atoms with Gasteiger partial charge in [0.1, 0.15) is 5.82 Å². The Morgan fingerprint density at radius 3 is 2.70 bits per heavy atom. The SMILES string of the molecule is CSCC(C)(O)CNc1ccc(-n2ccc(C)n2)nn1. The standard InChI is InChI=1S/C13H19N5OS/c1-10-6-7-18(17-10)12-5-4-11(15-16-12)14-8-13(2,19)9-20-3/h4-7,19H,8-9H2,1-3H3,(H,14,15). The quantitative estimate of drug-likeness (QED) is 0.840. The summed E-state index contributed by atoms with van der Waals surface area (Å²) in [5.41, 5.74) is 0.167. The highest BCUT2D eigenvalue weighted by atomic mass is 32.2. The molecule has 2 rings (SSSR count). The van der Waals surface area contributed by atoms with Gasteiger partial charge in [-0.2, -0.15) is 16.9 Å². The molecule has 1 unspecified atom stereocenters. The van der Waals surface area contributed by atoms with Crippen molar-refractivity contribution in [3.63, 3.8) is 0 Å². The van der Waals surface area contributed by atoms with Gasteiger partial charge in [-0.25, -0.2) is 4.68 Å². The van der Waals surface area contributed by atoms with Gasteiger partial charge in [0.2, 0.25) is 0 Å². The first kappa shape index (κ1) is 14.8. The Kier molecular flexibility index (Phi) is 4.61. The van der Waals surface area contributed by atoms with E-state index in [0.29, 0.717) is 23.9 Å². The molecule has 2 aromatic heterocycles. The Balaban J connectivity index is 1.98. The molecule has 6 nitrogen and oxygen atoms in total. The van der Waals surface area contributed by atoms with Crippen molar-refractivity contribution in [2.75, 3.05) is 23.9 Å². The lowest BCUT2D eigenvalue weighted by atomic mass is 10.1. The van der Waals surface area contributed by atoms with Crippen LogP contribution in [0.5, 0.6) is 0 Å². The molecule has 108 valence electrons. The molecule has 7 heteroatoms. The molecular weight excluding hydrogens is 274 g/mol. The predicted molar refractivity (Wildman–Crippen MR) is 81.4 cm³/mol. The molecule has 2 N–H and O–H groups in total. The Bertz CT molecular complexity index is 552. The average molecular weight is 293 g/mol. The monoisotopic (exact) mass is 293 g/mol. The Morgan fingerprint density at radius 2 is 2.15 bits per heavy atom. The summed E-state index contributed by atoms with van der Waals surface area (Å²) < 4.78 is 1.68. The molecule has 20 heavy (non-hydrogen) atoms. The summed E-state index contributed by atoms with van der Waals surface area (Å²) in [5, 5.41) is 25.6. The maximum absolute atomic E-state index is 10.1. The largest absolute Gasteiger partial charge is 0.387 e. The highest BCUT2D eigenvalue weighted by molar-refractivity contribution is 7.98. The molecule has 0 amide bonds. The fourth-order valence-corrected chi connectivity index (χ4v) is 2.45. The summed E-state index contributed by atoms with van der Waals surface area (Å²) >= 11 is 1.61. The highest BCUT2D eigenvalue weighted by Crippen LogP contribution is 2.12. The maximum Gasteiger partial charge on any atom is 0.175 e. The fourth-order valence-electron chi connectivity index (χ4n) is 1.73. The van der Waals surface area contributed by atoms with Gasteiger partial charge in [0.25, 0.3) is 0 Å². The molecule has 0 fully saturated rings. The van der Waals surface area contributed by atoms with Crippen LogP contribution in [0.3, 0.4) is 0 Å². The summed E-state index contributed by atoms with van der Waals surface area (Å²) in [4.78, 5) is 0. The second-order valence-electron chi connectivity index (χ2n) is 4.96. The fraction of sp³-hybridized carbons (Fsp3) is 0.462. The topological polar surface area (TPSA) is 75.9 Å². The molecule has 2 heterocycles. The normalized spacial score (nSPS) is 14.0. The van der Waals surface area contributed by atoms with E-state index < -0.39 is 5.60 Å². The summed E-state index contributed by atoms with van der Waals surface area (Å²) in [5.74, 6) is 1.97. The van der Waals surface area contributed by atoms with Crippen molar-refractivity contribution in [2.45, 2.75) is 19.4 Å². The van der Waals surface area contributed by atoms with Gasteiger partial charge in [0.05, 0.1) is 11.3 Å². The Labute approximate surface area is 122 Å². The lowest BCUT2D eigenvalue weighted by molar-refractivity contribution is 0.0996. The molecule has 2 aromatic rings. The van der Waals surface area contributed by atoms with Gasteiger partial charge < -0.3 is 10.4 Å². The minimum Gasteiger partial charge on any atom is -0.387 e. The van der Waals surface area contributed by atoms with Crippen LogP contribution in [0.2, 0.25) is 0 Å². The maximum atomic E-state index is 10.1. The van der Waals surface area contributed by atoms with Gasteiger partial charge in [0.15, 0.2) is 5.82 Å². The van der Waals surface area contributed by atoms with E-state index >= 15 is 0 Å². The van der Waals surface area contributed by atoms with Crippen molar-refractivity contribution in [3.8, 4) is 5.82 Å². The van der Waals surface area contributed by atoms with Gasteiger partial charge in [0, 0.05) is 18.5 Å². The molecule has 0 aliphatic carbocycles. The molecule has 0 saturated carbocycles. The molecule has 0 aliphatic rings. The van der Waals surface area contributed by atoms with Crippen LogP contribution in [0.15, 0.2) is 24.4 Å². The lowest BCUT2D eigenvalue weighted by Gasteiger charge is -2.22. The number of aliphatic hydroxyl groups is 1. The smallest absolute Gasteiger partial charge is 0.175 e. The molecule has 0 aliphatic heterocycles. The first-order chi connectivity index (χ1) is 9.50. The van der Waals surface area contributed by atoms with Crippen molar-refractivity contribution in [2.24, 2.45) is 0 Å². The minimum atomic E-state index is -0.765. The molecule has 0 bridgehead atoms. The first-order valence-corrected chi connectivity index (χ1v) is 7.71. The van der Waals surface area contributed by atoms with Crippen LogP contribution in [0.4, 0.5) is 5.82 Å². The van der Waals surface area contributed by atoms with Crippen LogP contribution in [0, 0.1) is 6.92 Å². The highest BCUT2D eigenvalue weighted by Gasteiger charge is 2.19. The lowest BCUT2D eigenvalue weighted by Crippen LogP contribution is -2.36. The number of aryl methyl sites for hydroxylation is 1. The van der Waals surface area contributed by atoms with Gasteiger partial charge in [-0.05, 0) is 38.3 Å². The van der Waals surface area contributed by atoms with Crippen LogP contribution in [-0.2, 0) is 0 Å². The van der Waals surface area contributed by atoms with E-state index in [2.05, 4.69) is 20.6 Å². The minimum absolute atomic E-state index is 0.433. The van der Waals surface area contributed by atoms with E-state index in [9.17, 15) is 5.11 Å². The van der Waals surface area contributed by atoms with Gasteiger partial charge in [-0.15, -0.1) is 10.2 Å². The third kappa shape index (κ3) is 3.94. The Hall–Kier alpha value is -1.60. The van der Waals surface area contributed by atoms with Crippen LogP contribution in [0.25, 0.3) is 5.82 Å². The van der Waals surface area contributed by atoms with Crippen molar-refractivity contribution in [1.29, 1.82) is 0 Å². The molecule has 0 radical (unpaired) electrons. The average Bonchev–Trinajstić information content (AvgIpc) is 2.84. The van der Waals surface area contributed by atoms with E-state index in [1.165, 1.54) is 0 Å². The molecule has 0 saturated heterocycles. The zero-order valence-corrected chi connectivity index (χ0v) is 12.7. The first-order valence-electron chi connectivity index (χ1n) is 6.32. The number of aromatic nitrogens is 4. The molecule has 0 aromatic carbocycles. The Morgan fingerprint density at radius 1 is 1.35 bits per heavy atom. The number of hydrogen-bond donors (Lipinski definition) is 2. The van der Waals surface area contributed by atoms with E-state index in [-0.39, 0.29) is 0 Å². The summed E-state index contributed by atoms with van der Waals surface area (Å²) in [7, 11) is 0. The number of hydrogen-bond acceptors (Lipinski definition) is 6. The summed E-state index contributed by atoms with van der Waals surface area (Å²) in [6.07, 6.45) is 3.81. The molecular formula is C13H19N5OS. The van der Waals surface area contributed by atoms with Crippen LogP contribution in [-0.4, -0.2) is 49.2 Å². The van der Waals surface area contributed by atoms with E-state index in [4.69, 9.17) is 0 Å². The zero-order valence-electron chi connectivity index (χ0n) is 11.9. The third-order valence-electron chi connectivity index (χ3n) is 2.71.